The lowest BCUT2D eigenvalue weighted by atomic mass is 10.2. The van der Waals surface area contributed by atoms with Gasteiger partial charge in [-0.2, -0.15) is 0 Å². The summed E-state index contributed by atoms with van der Waals surface area (Å²) in [4.78, 5) is 26.7. The zero-order valence-corrected chi connectivity index (χ0v) is 9.23. The molecule has 84 valence electrons. The Morgan fingerprint density at radius 3 is 2.88 bits per heavy atom. The van der Waals surface area contributed by atoms with Crippen molar-refractivity contribution in [2.75, 3.05) is 0 Å². The predicted octanol–water partition coefficient (Wildman–Crippen LogP) is 1.03. The minimum absolute atomic E-state index is 0.310. The molecule has 2 amide bonds. The Hall–Kier alpha value is -2.14. The average Bonchev–Trinajstić information content (AvgIpc) is 2.81. The van der Waals surface area contributed by atoms with Gasteiger partial charge in [-0.15, -0.1) is 0 Å². The number of nitrogens with one attached hydrogen (secondary N) is 1. The van der Waals surface area contributed by atoms with Gasteiger partial charge in [0.05, 0.1) is 17.5 Å². The van der Waals surface area contributed by atoms with Gasteiger partial charge in [-0.3, -0.25) is 19.3 Å². The number of fused-ring (bicyclic) bond motifs is 1. The van der Waals surface area contributed by atoms with Crippen LogP contribution < -0.4 is 5.32 Å². The number of imide groups is 1. The van der Waals surface area contributed by atoms with E-state index in [1.54, 1.807) is 22.7 Å². The van der Waals surface area contributed by atoms with Crippen molar-refractivity contribution < 1.29 is 9.59 Å². The van der Waals surface area contributed by atoms with E-state index in [4.69, 9.17) is 11.6 Å². The number of hydrogen-bond acceptors (Lipinski definition) is 3. The van der Waals surface area contributed by atoms with E-state index in [2.05, 4.69) is 10.3 Å². The highest BCUT2D eigenvalue weighted by Crippen LogP contribution is 2.21. The Morgan fingerprint density at radius 2 is 2.18 bits per heavy atom. The molecule has 0 aliphatic carbocycles. The minimum Gasteiger partial charge on any atom is -0.299 e. The number of carbonyl (C=O) groups is 2. The molecule has 0 aromatic carbocycles. The first kappa shape index (κ1) is 10.0. The van der Waals surface area contributed by atoms with Crippen LogP contribution >= 0.6 is 11.6 Å². The van der Waals surface area contributed by atoms with E-state index in [0.717, 1.165) is 0 Å². The largest absolute Gasteiger partial charge is 0.299 e. The van der Waals surface area contributed by atoms with Crippen molar-refractivity contribution in [3.63, 3.8) is 0 Å². The number of pyridine rings is 1. The van der Waals surface area contributed by atoms with Crippen molar-refractivity contribution in [1.29, 1.82) is 0 Å². The molecule has 0 atom stereocenters. The number of hydrogen-bond donors (Lipinski definition) is 1. The van der Waals surface area contributed by atoms with Crippen LogP contribution in [0, 0.1) is 0 Å². The van der Waals surface area contributed by atoms with Crippen LogP contribution in [0.15, 0.2) is 30.6 Å². The van der Waals surface area contributed by atoms with Crippen LogP contribution in [-0.4, -0.2) is 21.2 Å². The van der Waals surface area contributed by atoms with Crippen molar-refractivity contribution >= 4 is 34.6 Å². The summed E-state index contributed by atoms with van der Waals surface area (Å²) in [6, 6.07) is 3.37. The molecule has 0 bridgehead atoms. The Balaban J connectivity index is 2.22. The molecule has 0 radical (unpaired) electrons. The second-order valence-corrected chi connectivity index (χ2v) is 4.03. The third-order valence-electron chi connectivity index (χ3n) is 2.51. The first-order valence-electron chi connectivity index (χ1n) is 4.85. The minimum atomic E-state index is -0.410. The fourth-order valence-corrected chi connectivity index (χ4v) is 1.91. The molecule has 0 saturated carbocycles. The zero-order chi connectivity index (χ0) is 12.0. The number of carbonyl (C=O) groups excluding carboxylic acids is 2. The quantitative estimate of drug-likeness (QED) is 0.766. The van der Waals surface area contributed by atoms with Gasteiger partial charge in [-0.25, -0.2) is 4.98 Å². The van der Waals surface area contributed by atoms with Crippen LogP contribution in [0.3, 0.4) is 0 Å². The molecule has 1 aliphatic heterocycles. The van der Waals surface area contributed by atoms with Gasteiger partial charge in [-0.05, 0) is 6.07 Å². The summed E-state index contributed by atoms with van der Waals surface area (Å²) >= 11 is 5.84. The molecule has 3 heterocycles. The molecule has 0 saturated heterocycles. The van der Waals surface area contributed by atoms with Crippen molar-refractivity contribution in [1.82, 2.24) is 14.7 Å². The van der Waals surface area contributed by atoms with E-state index < -0.39 is 11.8 Å². The maximum absolute atomic E-state index is 11.5. The Kier molecular flexibility index (Phi) is 2.02. The van der Waals surface area contributed by atoms with Gasteiger partial charge in [0, 0.05) is 23.4 Å². The number of halogens is 1. The van der Waals surface area contributed by atoms with Gasteiger partial charge in [0.15, 0.2) is 0 Å². The number of aromatic nitrogens is 2. The second kappa shape index (κ2) is 3.43. The normalized spacial score (nSPS) is 15.2. The summed E-state index contributed by atoms with van der Waals surface area (Å²) in [7, 11) is 0. The van der Waals surface area contributed by atoms with Crippen LogP contribution in [-0.2, 0) is 9.59 Å². The molecule has 0 unspecified atom stereocenters. The molecule has 6 heteroatoms. The fraction of sp³-hybridized carbons (Fsp3) is 0. The fourth-order valence-electron chi connectivity index (χ4n) is 1.76. The van der Waals surface area contributed by atoms with Gasteiger partial charge in [0.2, 0.25) is 0 Å². The summed E-state index contributed by atoms with van der Waals surface area (Å²) in [6.45, 7) is 0. The highest BCUT2D eigenvalue weighted by Gasteiger charge is 2.24. The zero-order valence-electron chi connectivity index (χ0n) is 8.48. The Labute approximate surface area is 101 Å². The van der Waals surface area contributed by atoms with Gasteiger partial charge in [0.25, 0.3) is 11.8 Å². The number of imidazole rings is 1. The maximum Gasteiger partial charge on any atom is 0.260 e. The molecular weight excluding hydrogens is 242 g/mol. The molecular formula is C11H6ClN3O2. The number of rotatable bonds is 1. The second-order valence-electron chi connectivity index (χ2n) is 3.59. The molecule has 0 fully saturated rings. The van der Waals surface area contributed by atoms with Gasteiger partial charge >= 0.3 is 0 Å². The molecule has 3 rings (SSSR count). The standard InChI is InChI=1S/C11H6ClN3O2/c12-6-1-2-15-8(5-13-9(15)3-6)7-4-10(16)14-11(7)17/h1-5H,(H,14,16,17). The Bertz CT molecular complexity index is 687. The van der Waals surface area contributed by atoms with E-state index in [1.165, 1.54) is 12.3 Å². The summed E-state index contributed by atoms with van der Waals surface area (Å²) < 4.78 is 1.70. The van der Waals surface area contributed by atoms with Crippen LogP contribution in [0.1, 0.15) is 5.69 Å². The molecule has 5 nitrogen and oxygen atoms in total. The highest BCUT2D eigenvalue weighted by molar-refractivity contribution is 6.33. The third kappa shape index (κ3) is 1.52. The molecule has 17 heavy (non-hydrogen) atoms. The topological polar surface area (TPSA) is 63.5 Å². The van der Waals surface area contributed by atoms with Crippen molar-refractivity contribution in [3.05, 3.63) is 41.3 Å². The van der Waals surface area contributed by atoms with Crippen molar-refractivity contribution in [3.8, 4) is 0 Å². The van der Waals surface area contributed by atoms with E-state index in [0.29, 0.717) is 21.9 Å². The molecule has 2 aromatic heterocycles. The van der Waals surface area contributed by atoms with E-state index in [-0.39, 0.29) is 0 Å². The SMILES string of the molecule is O=C1C=C(c2cnc3cc(Cl)ccn23)C(=O)N1. The van der Waals surface area contributed by atoms with Crippen LogP contribution in [0.25, 0.3) is 11.2 Å². The van der Waals surface area contributed by atoms with E-state index >= 15 is 0 Å². The molecule has 1 N–H and O–H groups in total. The third-order valence-corrected chi connectivity index (χ3v) is 2.74. The number of nitrogens with zero attached hydrogens (tertiary/aromatic N) is 2. The van der Waals surface area contributed by atoms with Crippen molar-refractivity contribution in [2.24, 2.45) is 0 Å². The summed E-state index contributed by atoms with van der Waals surface area (Å²) in [6.07, 6.45) is 4.51. The maximum atomic E-state index is 11.5. The smallest absolute Gasteiger partial charge is 0.260 e. The molecule has 2 aromatic rings. The van der Waals surface area contributed by atoms with Gasteiger partial charge in [0.1, 0.15) is 5.65 Å². The first-order chi connectivity index (χ1) is 8.15. The summed E-state index contributed by atoms with van der Waals surface area (Å²) in [5.74, 6) is -0.819. The van der Waals surface area contributed by atoms with Crippen LogP contribution in [0.2, 0.25) is 5.02 Å². The predicted molar refractivity (Wildman–Crippen MR) is 61.3 cm³/mol. The lowest BCUT2D eigenvalue weighted by Gasteiger charge is -2.00. The Morgan fingerprint density at radius 1 is 1.35 bits per heavy atom. The van der Waals surface area contributed by atoms with Gasteiger partial charge in [-0.1, -0.05) is 11.6 Å². The van der Waals surface area contributed by atoms with E-state index in [9.17, 15) is 9.59 Å². The van der Waals surface area contributed by atoms with E-state index in [1.807, 2.05) is 0 Å². The summed E-state index contributed by atoms with van der Waals surface area (Å²) in [5.41, 5.74) is 1.50. The number of amides is 2. The van der Waals surface area contributed by atoms with Crippen LogP contribution in [0.4, 0.5) is 0 Å². The highest BCUT2D eigenvalue weighted by atomic mass is 35.5. The first-order valence-corrected chi connectivity index (χ1v) is 5.23. The average molecular weight is 248 g/mol. The lowest BCUT2D eigenvalue weighted by Crippen LogP contribution is -2.22. The van der Waals surface area contributed by atoms with Crippen LogP contribution in [0.5, 0.6) is 0 Å². The van der Waals surface area contributed by atoms with Crippen molar-refractivity contribution in [2.45, 2.75) is 0 Å². The molecule has 0 spiro atoms. The lowest BCUT2D eigenvalue weighted by molar-refractivity contribution is -0.123. The summed E-state index contributed by atoms with van der Waals surface area (Å²) in [5, 5.41) is 2.76. The molecule has 1 aliphatic rings. The van der Waals surface area contributed by atoms with Gasteiger partial charge < -0.3 is 0 Å². The monoisotopic (exact) mass is 247 g/mol.